The fourth-order valence-electron chi connectivity index (χ4n) is 2.67. The van der Waals surface area contributed by atoms with Crippen molar-refractivity contribution in [3.8, 4) is 0 Å². The second kappa shape index (κ2) is 6.71. The molecule has 3 heteroatoms. The van der Waals surface area contributed by atoms with E-state index in [1.807, 2.05) is 11.9 Å². The molecule has 0 aliphatic carbocycles. The zero-order valence-corrected chi connectivity index (χ0v) is 12.0. The van der Waals surface area contributed by atoms with Crippen molar-refractivity contribution in [2.75, 3.05) is 26.7 Å². The van der Waals surface area contributed by atoms with E-state index in [-0.39, 0.29) is 5.91 Å². The lowest BCUT2D eigenvalue weighted by molar-refractivity contribution is -0.131. The van der Waals surface area contributed by atoms with E-state index >= 15 is 0 Å². The Morgan fingerprint density at radius 1 is 1.26 bits per heavy atom. The average Bonchev–Trinajstić information content (AvgIpc) is 2.42. The lowest BCUT2D eigenvalue weighted by Gasteiger charge is -2.32. The second-order valence-electron chi connectivity index (χ2n) is 5.54. The molecule has 1 aliphatic rings. The van der Waals surface area contributed by atoms with E-state index < -0.39 is 0 Å². The van der Waals surface area contributed by atoms with E-state index in [1.54, 1.807) is 0 Å². The Morgan fingerprint density at radius 3 is 2.47 bits per heavy atom. The maximum Gasteiger partial charge on any atom is 0.226 e. The molecule has 0 unspecified atom stereocenters. The first-order valence-corrected chi connectivity index (χ1v) is 7.17. The molecule has 1 fully saturated rings. The van der Waals surface area contributed by atoms with E-state index in [9.17, 15) is 4.79 Å². The van der Waals surface area contributed by atoms with Gasteiger partial charge in [-0.2, -0.15) is 0 Å². The molecule has 1 saturated heterocycles. The van der Waals surface area contributed by atoms with E-state index in [4.69, 9.17) is 0 Å². The summed E-state index contributed by atoms with van der Waals surface area (Å²) in [6.45, 7) is 4.96. The van der Waals surface area contributed by atoms with Crippen molar-refractivity contribution >= 4 is 5.91 Å². The molecule has 1 aliphatic heterocycles. The topological polar surface area (TPSA) is 32.3 Å². The Bertz CT molecular complexity index is 405. The lowest BCUT2D eigenvalue weighted by Crippen LogP contribution is -2.41. The fourth-order valence-corrected chi connectivity index (χ4v) is 2.67. The molecule has 1 amide bonds. The van der Waals surface area contributed by atoms with Gasteiger partial charge in [-0.1, -0.05) is 29.8 Å². The minimum Gasteiger partial charge on any atom is -0.342 e. The molecule has 0 spiro atoms. The Morgan fingerprint density at radius 2 is 1.89 bits per heavy atom. The van der Waals surface area contributed by atoms with Gasteiger partial charge in [0.1, 0.15) is 0 Å². The molecule has 0 radical (unpaired) electrons. The molecule has 3 nitrogen and oxygen atoms in total. The first-order chi connectivity index (χ1) is 9.19. The summed E-state index contributed by atoms with van der Waals surface area (Å²) in [7, 11) is 1.99. The van der Waals surface area contributed by atoms with Crippen LogP contribution in [0.15, 0.2) is 24.3 Å². The maximum atomic E-state index is 12.2. The van der Waals surface area contributed by atoms with Crippen LogP contribution in [0.1, 0.15) is 24.0 Å². The molecule has 1 aromatic rings. The quantitative estimate of drug-likeness (QED) is 0.898. The molecule has 1 heterocycles. The maximum absolute atomic E-state index is 12.2. The summed E-state index contributed by atoms with van der Waals surface area (Å²) in [4.78, 5) is 14.2. The first kappa shape index (κ1) is 14.1. The van der Waals surface area contributed by atoms with E-state index in [0.29, 0.717) is 6.42 Å². The number of carbonyl (C=O) groups is 1. The van der Waals surface area contributed by atoms with Crippen molar-refractivity contribution < 1.29 is 4.79 Å². The second-order valence-corrected chi connectivity index (χ2v) is 5.54. The molecule has 2 rings (SSSR count). The minimum absolute atomic E-state index is 0.270. The zero-order valence-electron chi connectivity index (χ0n) is 12.0. The third-order valence-corrected chi connectivity index (χ3v) is 3.94. The van der Waals surface area contributed by atoms with Gasteiger partial charge in [0.2, 0.25) is 5.91 Å². The summed E-state index contributed by atoms with van der Waals surface area (Å²) in [5.41, 5.74) is 2.36. The van der Waals surface area contributed by atoms with Crippen LogP contribution in [0.25, 0.3) is 0 Å². The van der Waals surface area contributed by atoms with Crippen LogP contribution in [0.4, 0.5) is 0 Å². The van der Waals surface area contributed by atoms with Crippen molar-refractivity contribution in [2.24, 2.45) is 5.92 Å². The van der Waals surface area contributed by atoms with Crippen molar-refractivity contribution in [2.45, 2.75) is 26.2 Å². The van der Waals surface area contributed by atoms with Gasteiger partial charge in [-0.05, 0) is 44.8 Å². The van der Waals surface area contributed by atoms with Crippen molar-refractivity contribution in [3.05, 3.63) is 35.4 Å². The number of nitrogens with zero attached hydrogens (tertiary/aromatic N) is 1. The largest absolute Gasteiger partial charge is 0.342 e. The fraction of sp³-hybridized carbons (Fsp3) is 0.562. The summed E-state index contributed by atoms with van der Waals surface area (Å²) < 4.78 is 0. The predicted molar refractivity (Wildman–Crippen MR) is 78.1 cm³/mol. The lowest BCUT2D eigenvalue weighted by atomic mass is 9.96. The Balaban J connectivity index is 1.83. The number of amides is 1. The Kier molecular flexibility index (Phi) is 4.97. The number of piperidine rings is 1. The van der Waals surface area contributed by atoms with Gasteiger partial charge in [0.25, 0.3) is 0 Å². The first-order valence-electron chi connectivity index (χ1n) is 7.17. The van der Waals surface area contributed by atoms with Crippen LogP contribution in [0.3, 0.4) is 0 Å². The van der Waals surface area contributed by atoms with E-state index in [0.717, 1.165) is 44.0 Å². The van der Waals surface area contributed by atoms with Crippen LogP contribution in [-0.4, -0.2) is 37.5 Å². The van der Waals surface area contributed by atoms with Gasteiger partial charge >= 0.3 is 0 Å². The van der Waals surface area contributed by atoms with Gasteiger partial charge in [0.05, 0.1) is 6.42 Å². The van der Waals surface area contributed by atoms with E-state index in [2.05, 4.69) is 36.5 Å². The summed E-state index contributed by atoms with van der Waals surface area (Å²) in [5.74, 6) is 1.00. The number of aryl methyl sites for hydroxylation is 1. The standard InChI is InChI=1S/C16H24N2O/c1-13-3-5-14(6-4-13)11-16(19)18-9-7-15(8-10-18)12-17-2/h3-6,15,17H,7-12H2,1-2H3. The van der Waals surface area contributed by atoms with Crippen LogP contribution in [0.2, 0.25) is 0 Å². The highest BCUT2D eigenvalue weighted by Crippen LogP contribution is 2.17. The normalized spacial score (nSPS) is 16.6. The number of hydrogen-bond acceptors (Lipinski definition) is 2. The van der Waals surface area contributed by atoms with Crippen LogP contribution < -0.4 is 5.32 Å². The number of nitrogens with one attached hydrogen (secondary N) is 1. The van der Waals surface area contributed by atoms with Crippen molar-refractivity contribution in [3.63, 3.8) is 0 Å². The van der Waals surface area contributed by atoms with Crippen molar-refractivity contribution in [1.29, 1.82) is 0 Å². The highest BCUT2D eigenvalue weighted by molar-refractivity contribution is 5.78. The number of benzene rings is 1. The molecule has 104 valence electrons. The number of likely N-dealkylation sites (tertiary alicyclic amines) is 1. The van der Waals surface area contributed by atoms with Gasteiger partial charge in [-0.15, -0.1) is 0 Å². The number of carbonyl (C=O) groups excluding carboxylic acids is 1. The minimum atomic E-state index is 0.270. The summed E-state index contributed by atoms with van der Waals surface area (Å²) in [6, 6.07) is 8.26. The monoisotopic (exact) mass is 260 g/mol. The summed E-state index contributed by atoms with van der Waals surface area (Å²) >= 11 is 0. The van der Waals surface area contributed by atoms with Gasteiger partial charge in [-0.25, -0.2) is 0 Å². The van der Waals surface area contributed by atoms with Crippen LogP contribution >= 0.6 is 0 Å². The third-order valence-electron chi connectivity index (χ3n) is 3.94. The summed E-state index contributed by atoms with van der Waals surface area (Å²) in [5, 5.41) is 3.22. The molecule has 0 atom stereocenters. The number of rotatable bonds is 4. The van der Waals surface area contributed by atoms with Gasteiger partial charge < -0.3 is 10.2 Å². The average molecular weight is 260 g/mol. The van der Waals surface area contributed by atoms with E-state index in [1.165, 1.54) is 5.56 Å². The molecule has 0 saturated carbocycles. The van der Waals surface area contributed by atoms with Crippen LogP contribution in [-0.2, 0) is 11.2 Å². The molecule has 1 N–H and O–H groups in total. The highest BCUT2D eigenvalue weighted by atomic mass is 16.2. The SMILES string of the molecule is CNCC1CCN(C(=O)Cc2ccc(C)cc2)CC1. The molecular formula is C16H24N2O. The number of hydrogen-bond donors (Lipinski definition) is 1. The molecule has 1 aromatic carbocycles. The Labute approximate surface area is 116 Å². The zero-order chi connectivity index (χ0) is 13.7. The highest BCUT2D eigenvalue weighted by Gasteiger charge is 2.22. The molecular weight excluding hydrogens is 236 g/mol. The molecule has 19 heavy (non-hydrogen) atoms. The van der Waals surface area contributed by atoms with Crippen molar-refractivity contribution in [1.82, 2.24) is 10.2 Å². The van der Waals surface area contributed by atoms with Crippen LogP contribution in [0.5, 0.6) is 0 Å². The predicted octanol–water partition coefficient (Wildman–Crippen LogP) is 2.00. The van der Waals surface area contributed by atoms with Gasteiger partial charge in [0.15, 0.2) is 0 Å². The van der Waals surface area contributed by atoms with Gasteiger partial charge in [-0.3, -0.25) is 4.79 Å². The Hall–Kier alpha value is -1.35. The smallest absolute Gasteiger partial charge is 0.226 e. The summed E-state index contributed by atoms with van der Waals surface area (Å²) in [6.07, 6.45) is 2.79. The van der Waals surface area contributed by atoms with Crippen LogP contribution in [0, 0.1) is 12.8 Å². The molecule has 0 bridgehead atoms. The molecule has 0 aromatic heterocycles. The third kappa shape index (κ3) is 4.06. The van der Waals surface area contributed by atoms with Gasteiger partial charge in [0, 0.05) is 13.1 Å².